The zero-order valence-corrected chi connectivity index (χ0v) is 41.3. The normalized spacial score (nSPS) is 28.2. The van der Waals surface area contributed by atoms with Gasteiger partial charge in [-0.1, -0.05) is 120 Å². The van der Waals surface area contributed by atoms with Gasteiger partial charge in [-0.3, -0.25) is 18.6 Å². The zero-order valence-electron chi connectivity index (χ0n) is 40.4. The number of hydrogen-bond donors (Lipinski definition) is 9. The second-order valence-electron chi connectivity index (χ2n) is 17.6. The van der Waals surface area contributed by atoms with Crippen LogP contribution in [0.25, 0.3) is 0 Å². The van der Waals surface area contributed by atoms with E-state index in [2.05, 4.69) is 62.5 Å². The molecule has 13 atom stereocenters. The first-order valence-electron chi connectivity index (χ1n) is 25.0. The molecule has 2 rings (SSSR count). The predicted molar refractivity (Wildman–Crippen MR) is 254 cm³/mol. The van der Waals surface area contributed by atoms with Crippen LogP contribution in [0.15, 0.2) is 48.6 Å². The lowest BCUT2D eigenvalue weighted by Crippen LogP contribution is -2.67. The Balaban J connectivity index is 1.97. The highest BCUT2D eigenvalue weighted by Gasteiger charge is 2.55. The van der Waals surface area contributed by atoms with E-state index in [4.69, 9.17) is 28.0 Å². The lowest BCUT2D eigenvalue weighted by atomic mass is 9.84. The largest absolute Gasteiger partial charge is 0.472 e. The van der Waals surface area contributed by atoms with E-state index in [0.717, 1.165) is 96.3 Å². The van der Waals surface area contributed by atoms with Crippen molar-refractivity contribution in [3.8, 4) is 0 Å². The lowest BCUT2D eigenvalue weighted by molar-refractivity contribution is -0.338. The van der Waals surface area contributed by atoms with E-state index in [1.165, 1.54) is 19.3 Å². The van der Waals surface area contributed by atoms with Crippen molar-refractivity contribution in [2.24, 2.45) is 0 Å². The van der Waals surface area contributed by atoms with Gasteiger partial charge in [0.05, 0.1) is 13.2 Å². The van der Waals surface area contributed by atoms with Gasteiger partial charge in [0, 0.05) is 12.8 Å². The van der Waals surface area contributed by atoms with Crippen molar-refractivity contribution in [2.75, 3.05) is 19.8 Å². The lowest BCUT2D eigenvalue weighted by Gasteiger charge is -2.47. The van der Waals surface area contributed by atoms with Crippen molar-refractivity contribution in [1.29, 1.82) is 0 Å². The highest BCUT2D eigenvalue weighted by Crippen LogP contribution is 2.48. The van der Waals surface area contributed by atoms with Gasteiger partial charge in [-0.05, 0) is 70.6 Å². The summed E-state index contributed by atoms with van der Waals surface area (Å²) < 4.78 is 45.4. The molecule has 1 saturated heterocycles. The highest BCUT2D eigenvalue weighted by molar-refractivity contribution is 7.47. The van der Waals surface area contributed by atoms with Gasteiger partial charge < -0.3 is 64.7 Å². The smallest absolute Gasteiger partial charge is 0.462 e. The van der Waals surface area contributed by atoms with E-state index in [0.29, 0.717) is 12.8 Å². The number of carbonyl (C=O) groups excluding carboxylic acids is 2. The molecule has 0 amide bonds. The summed E-state index contributed by atoms with van der Waals surface area (Å²) >= 11 is 0. The summed E-state index contributed by atoms with van der Waals surface area (Å²) in [6.07, 6.45) is 13.4. The van der Waals surface area contributed by atoms with Crippen LogP contribution in [-0.4, -0.2) is 151 Å². The molecule has 18 nitrogen and oxygen atoms in total. The molecule has 2 fully saturated rings. The van der Waals surface area contributed by atoms with E-state index in [9.17, 15) is 59.9 Å². The van der Waals surface area contributed by atoms with Gasteiger partial charge in [0.25, 0.3) is 0 Å². The van der Waals surface area contributed by atoms with Crippen LogP contribution in [0.5, 0.6) is 0 Å². The van der Waals surface area contributed by atoms with Gasteiger partial charge in [-0.15, -0.1) is 0 Å². The molecule has 9 N–H and O–H groups in total. The summed E-state index contributed by atoms with van der Waals surface area (Å²) in [7, 11) is -5.38. The van der Waals surface area contributed by atoms with E-state index in [1.807, 2.05) is 0 Å². The van der Waals surface area contributed by atoms with Crippen molar-refractivity contribution in [3.05, 3.63) is 48.6 Å². The maximum absolute atomic E-state index is 13.4. The molecular weight excluding hydrogens is 907 g/mol. The minimum atomic E-state index is -5.38. The van der Waals surface area contributed by atoms with Crippen LogP contribution >= 0.6 is 7.82 Å². The number of esters is 2. The Bertz CT molecular complexity index is 1510. The number of carbonyl (C=O) groups is 2. The fourth-order valence-electron chi connectivity index (χ4n) is 7.59. The van der Waals surface area contributed by atoms with E-state index < -0.39 is 113 Å². The molecule has 2 aliphatic rings. The summed E-state index contributed by atoms with van der Waals surface area (Å²) in [6, 6.07) is 0. The molecule has 0 spiro atoms. The Morgan fingerprint density at radius 1 is 0.559 bits per heavy atom. The number of aliphatic hydroxyl groups is 8. The Hall–Kier alpha value is -2.39. The average Bonchev–Trinajstić information content (AvgIpc) is 3.32. The molecule has 0 radical (unpaired) electrons. The molecular formula is C49H85O18P. The highest BCUT2D eigenvalue weighted by atomic mass is 31.2. The molecule has 68 heavy (non-hydrogen) atoms. The van der Waals surface area contributed by atoms with Crippen LogP contribution in [0.2, 0.25) is 0 Å². The van der Waals surface area contributed by atoms with Gasteiger partial charge in [0.15, 0.2) is 12.4 Å². The Labute approximate surface area is 403 Å². The van der Waals surface area contributed by atoms with Gasteiger partial charge >= 0.3 is 19.8 Å². The second kappa shape index (κ2) is 36.5. The molecule has 0 aromatic carbocycles. The molecule has 0 bridgehead atoms. The quantitative estimate of drug-likeness (QED) is 0.0162. The maximum Gasteiger partial charge on any atom is 0.472 e. The number of allylic oxidation sites excluding steroid dienone is 8. The third-order valence-corrected chi connectivity index (χ3v) is 12.7. The van der Waals surface area contributed by atoms with Crippen molar-refractivity contribution >= 4 is 19.8 Å². The number of aliphatic hydroxyl groups excluding tert-OH is 8. The standard InChI is InChI=1S/C49H85O18P/c1-3-5-7-9-11-13-15-17-18-20-21-23-25-27-29-31-38(51)62-34-36(64-39(52)32-30-28-26-24-22-19-16-14-12-10-8-6-4-2)35-63-68(60,61)67-48-45(58)43(56)42(55)44(57)47(48)66-49-46(59)41(54)40(53)37(33-50)65-49/h8,10-11,13-14,16-18,36-37,40-50,53-59H,3-7,9,12,15,19-35H2,1-2H3,(H,60,61)/b10-8-,13-11-,16-14-,18-17-/t36-,37?,40-,41?,42-,43?,44?,45?,46-,47-,48-,49-/m1/s1. The first-order valence-corrected chi connectivity index (χ1v) is 26.5. The number of ether oxygens (including phenoxy) is 4. The number of hydrogen-bond acceptors (Lipinski definition) is 17. The van der Waals surface area contributed by atoms with Crippen molar-refractivity contribution in [2.45, 2.75) is 229 Å². The predicted octanol–water partition coefficient (Wildman–Crippen LogP) is 5.43. The van der Waals surface area contributed by atoms with Crippen LogP contribution < -0.4 is 0 Å². The first-order chi connectivity index (χ1) is 32.7. The number of rotatable bonds is 37. The van der Waals surface area contributed by atoms with Crippen LogP contribution in [0.4, 0.5) is 0 Å². The second-order valence-corrected chi connectivity index (χ2v) is 19.1. The van der Waals surface area contributed by atoms with Gasteiger partial charge in [-0.2, -0.15) is 0 Å². The van der Waals surface area contributed by atoms with E-state index >= 15 is 0 Å². The summed E-state index contributed by atoms with van der Waals surface area (Å²) in [4.78, 5) is 36.5. The Morgan fingerprint density at radius 3 is 1.59 bits per heavy atom. The van der Waals surface area contributed by atoms with Crippen LogP contribution in [0.3, 0.4) is 0 Å². The third kappa shape index (κ3) is 25.1. The minimum absolute atomic E-state index is 0.0109. The molecule has 1 aliphatic heterocycles. The molecule has 1 saturated carbocycles. The van der Waals surface area contributed by atoms with Gasteiger partial charge in [-0.25, -0.2) is 4.57 Å². The number of phosphoric ester groups is 1. The van der Waals surface area contributed by atoms with Crippen molar-refractivity contribution < 1.29 is 87.9 Å². The summed E-state index contributed by atoms with van der Waals surface area (Å²) in [6.45, 7) is 2.09. The van der Waals surface area contributed by atoms with Gasteiger partial charge in [0.1, 0.15) is 67.6 Å². The molecule has 6 unspecified atom stereocenters. The Morgan fingerprint density at radius 2 is 1.04 bits per heavy atom. The van der Waals surface area contributed by atoms with Crippen LogP contribution in [-0.2, 0) is 42.1 Å². The van der Waals surface area contributed by atoms with Gasteiger partial charge in [0.2, 0.25) is 0 Å². The summed E-state index contributed by atoms with van der Waals surface area (Å²) in [5, 5.41) is 82.9. The molecule has 394 valence electrons. The SMILES string of the molecule is CCC/C=C\C/C=C\CCCCCCCC(=O)O[C@H](COC(=O)CCCCCCC/C=C\C/C=C\CCCCC)COP(=O)(O)O[C@@H]1C(O)C(O)[C@@H](O)C(O)[C@H]1O[C@H]1OC(CO)[C@@H](O)C(O)[C@H]1O. The monoisotopic (exact) mass is 993 g/mol. The number of unbranched alkanes of at least 4 members (excludes halogenated alkanes) is 14. The molecule has 1 aliphatic carbocycles. The average molecular weight is 993 g/mol. The fourth-order valence-corrected chi connectivity index (χ4v) is 8.56. The molecule has 0 aromatic heterocycles. The Kier molecular flexibility index (Phi) is 33.2. The minimum Gasteiger partial charge on any atom is -0.462 e. The molecule has 0 aromatic rings. The summed E-state index contributed by atoms with van der Waals surface area (Å²) in [5.41, 5.74) is 0. The summed E-state index contributed by atoms with van der Waals surface area (Å²) in [5.74, 6) is -1.25. The van der Waals surface area contributed by atoms with E-state index in [1.54, 1.807) is 0 Å². The van der Waals surface area contributed by atoms with E-state index in [-0.39, 0.29) is 12.8 Å². The molecule has 19 heteroatoms. The zero-order chi connectivity index (χ0) is 50.2. The fraction of sp³-hybridized carbons (Fsp3) is 0.796. The topological polar surface area (TPSA) is 289 Å². The van der Waals surface area contributed by atoms with Crippen LogP contribution in [0.1, 0.15) is 155 Å². The van der Waals surface area contributed by atoms with Crippen molar-refractivity contribution in [3.63, 3.8) is 0 Å². The van der Waals surface area contributed by atoms with Crippen molar-refractivity contribution in [1.82, 2.24) is 0 Å². The first kappa shape index (κ1) is 61.7. The molecule has 1 heterocycles. The third-order valence-electron chi connectivity index (χ3n) is 11.7. The van der Waals surface area contributed by atoms with Crippen LogP contribution in [0, 0.1) is 0 Å². The number of phosphoric acid groups is 1. The maximum atomic E-state index is 13.4.